The number of imidazole rings is 1. The van der Waals surface area contributed by atoms with E-state index in [1.54, 1.807) is 14.7 Å². The van der Waals surface area contributed by atoms with Gasteiger partial charge in [0.25, 0.3) is 0 Å². The summed E-state index contributed by atoms with van der Waals surface area (Å²) in [6.45, 7) is 14.9. The van der Waals surface area contributed by atoms with Crippen molar-refractivity contribution in [2.45, 2.75) is 65.8 Å². The zero-order valence-corrected chi connectivity index (χ0v) is 21.3. The van der Waals surface area contributed by atoms with Crippen LogP contribution in [0.5, 0.6) is 0 Å². The van der Waals surface area contributed by atoms with Gasteiger partial charge >= 0.3 is 188 Å². The molecule has 3 rings (SSSR count). The predicted octanol–water partition coefficient (Wildman–Crippen LogP) is 4.39. The number of hydrogen-bond acceptors (Lipinski definition) is 0. The monoisotopic (exact) mass is 505 g/mol. The van der Waals surface area contributed by atoms with E-state index in [1.807, 2.05) is 0 Å². The average Bonchev–Trinajstić information content (AvgIpc) is 3.07. The Morgan fingerprint density at radius 2 is 1.45 bits per heavy atom. The first-order chi connectivity index (χ1) is 13.7. The molecule has 0 spiro atoms. The summed E-state index contributed by atoms with van der Waals surface area (Å²) < 4.78 is 7.50. The van der Waals surface area contributed by atoms with Gasteiger partial charge in [-0.1, -0.05) is 0 Å². The summed E-state index contributed by atoms with van der Waals surface area (Å²) in [4.78, 5) is 0. The summed E-state index contributed by atoms with van der Waals surface area (Å²) in [5.74, 6) is 1.72. The maximum absolute atomic E-state index is 2.49. The van der Waals surface area contributed by atoms with E-state index in [4.69, 9.17) is 0 Å². The molecule has 0 fully saturated rings. The van der Waals surface area contributed by atoms with Gasteiger partial charge in [0.2, 0.25) is 0 Å². The van der Waals surface area contributed by atoms with Crippen LogP contribution < -0.4 is 11.8 Å². The van der Waals surface area contributed by atoms with Crippen molar-refractivity contribution in [1.29, 1.82) is 0 Å². The molecule has 0 amide bonds. The van der Waals surface area contributed by atoms with Crippen LogP contribution in [-0.2, 0) is 13.6 Å². The van der Waals surface area contributed by atoms with Crippen LogP contribution >= 0.6 is 0 Å². The van der Waals surface area contributed by atoms with Gasteiger partial charge in [0.05, 0.1) is 0 Å². The number of benzene rings is 2. The minimum atomic E-state index is -0.414. The molecular formula is C26H35N2Te+. The van der Waals surface area contributed by atoms with Crippen molar-refractivity contribution in [1.82, 2.24) is 4.57 Å². The Bertz CT molecular complexity index is 920. The van der Waals surface area contributed by atoms with Crippen molar-refractivity contribution < 1.29 is 4.57 Å². The van der Waals surface area contributed by atoms with Gasteiger partial charge in [-0.25, -0.2) is 0 Å². The van der Waals surface area contributed by atoms with Crippen LogP contribution in [0.2, 0.25) is 0 Å². The first-order valence-corrected chi connectivity index (χ1v) is 13.0. The molecule has 0 saturated carbocycles. The molecule has 0 aliphatic carbocycles. The molecule has 2 nitrogen and oxygen atoms in total. The second kappa shape index (κ2) is 9.50. The van der Waals surface area contributed by atoms with Crippen molar-refractivity contribution in [3.63, 3.8) is 0 Å². The Kier molecular flexibility index (Phi) is 7.25. The third kappa shape index (κ3) is 5.53. The Balaban J connectivity index is 1.90. The number of aryl methyl sites for hydroxylation is 1. The first-order valence-electron chi connectivity index (χ1n) is 10.7. The fraction of sp³-hybridized carbons (Fsp3) is 0.423. The molecular weight excluding hydrogens is 468 g/mol. The third-order valence-corrected chi connectivity index (χ3v) is 8.79. The molecule has 3 heteroatoms. The predicted molar refractivity (Wildman–Crippen MR) is 125 cm³/mol. The quantitative estimate of drug-likeness (QED) is 0.335. The molecule has 0 saturated heterocycles. The van der Waals surface area contributed by atoms with E-state index in [1.165, 1.54) is 14.7 Å². The molecule has 2 aromatic carbocycles. The number of hydrogen-bond donors (Lipinski definition) is 0. The van der Waals surface area contributed by atoms with Crippen LogP contribution in [0, 0.1) is 0 Å². The second-order valence-corrected chi connectivity index (χ2v) is 12.1. The summed E-state index contributed by atoms with van der Waals surface area (Å²) in [5, 5.41) is 0. The number of aromatic nitrogens is 2. The Morgan fingerprint density at radius 3 is 1.90 bits per heavy atom. The normalized spacial score (nSPS) is 11.8. The van der Waals surface area contributed by atoms with Crippen LogP contribution in [-0.4, -0.2) is 25.5 Å². The topological polar surface area (TPSA) is 8.81 Å². The molecule has 0 unspecified atom stereocenters. The van der Waals surface area contributed by atoms with Crippen LogP contribution in [0.3, 0.4) is 0 Å². The van der Waals surface area contributed by atoms with Crippen molar-refractivity contribution in [2.24, 2.45) is 7.05 Å². The van der Waals surface area contributed by atoms with E-state index in [2.05, 4.69) is 113 Å². The molecule has 0 atom stereocenters. The molecule has 1 heterocycles. The molecule has 0 bridgehead atoms. The zero-order valence-electron chi connectivity index (χ0n) is 18.9. The van der Waals surface area contributed by atoms with Gasteiger partial charge < -0.3 is 0 Å². The molecule has 3 aromatic rings. The Morgan fingerprint density at radius 1 is 0.862 bits per heavy atom. The van der Waals surface area contributed by atoms with Gasteiger partial charge in [-0.05, 0) is 0 Å². The van der Waals surface area contributed by atoms with Crippen LogP contribution in [0.15, 0.2) is 55.1 Å². The first kappa shape index (κ1) is 22.1. The van der Waals surface area contributed by atoms with E-state index in [0.717, 1.165) is 6.54 Å². The fourth-order valence-electron chi connectivity index (χ4n) is 3.59. The van der Waals surface area contributed by atoms with Crippen molar-refractivity contribution >= 4 is 28.1 Å². The number of nitrogens with zero attached hydrogens (tertiary/aromatic N) is 2. The summed E-state index contributed by atoms with van der Waals surface area (Å²) in [7, 11) is 2.06. The van der Waals surface area contributed by atoms with Gasteiger partial charge in [0.15, 0.2) is 0 Å². The van der Waals surface area contributed by atoms with E-state index >= 15 is 0 Å². The minimum absolute atomic E-state index is 0.414. The van der Waals surface area contributed by atoms with E-state index in [0.29, 0.717) is 17.8 Å². The summed E-state index contributed by atoms with van der Waals surface area (Å²) in [5.41, 5.74) is 6.00. The van der Waals surface area contributed by atoms with Gasteiger partial charge in [-0.3, -0.25) is 0 Å². The van der Waals surface area contributed by atoms with E-state index < -0.39 is 20.9 Å². The second-order valence-electron chi connectivity index (χ2n) is 8.99. The standard InChI is InChI=1S/C26H35N2Te/c1-18(2)22-14-24(19(3)4)26(25(15-22)20(5)6)29-23-10-8-21(9-11-23)16-28-13-12-27(7)17-28/h8-15,17-20H,16H2,1-7H3/q+1. The molecule has 0 radical (unpaired) electrons. The fourth-order valence-corrected chi connectivity index (χ4v) is 7.40. The molecule has 0 N–H and O–H groups in total. The summed E-state index contributed by atoms with van der Waals surface area (Å²) >= 11 is -0.414. The van der Waals surface area contributed by atoms with Gasteiger partial charge in [-0.15, -0.1) is 0 Å². The average molecular weight is 503 g/mol. The molecule has 29 heavy (non-hydrogen) atoms. The molecule has 154 valence electrons. The van der Waals surface area contributed by atoms with E-state index in [9.17, 15) is 0 Å². The summed E-state index contributed by atoms with van der Waals surface area (Å²) in [6.07, 6.45) is 6.34. The maximum atomic E-state index is 2.49. The molecule has 0 aliphatic rings. The van der Waals surface area contributed by atoms with Crippen molar-refractivity contribution in [2.75, 3.05) is 0 Å². The van der Waals surface area contributed by atoms with Gasteiger partial charge in [0.1, 0.15) is 0 Å². The SMILES string of the molecule is CC(C)c1cc(C(C)C)c([Te]c2ccc(Cn3cc[n+](C)c3)cc2)c(C(C)C)c1. The van der Waals surface area contributed by atoms with Crippen molar-refractivity contribution in [3.8, 4) is 0 Å². The van der Waals surface area contributed by atoms with Gasteiger partial charge in [-0.2, -0.15) is 0 Å². The van der Waals surface area contributed by atoms with Crippen LogP contribution in [0.4, 0.5) is 0 Å². The van der Waals surface area contributed by atoms with E-state index in [-0.39, 0.29) is 0 Å². The zero-order chi connectivity index (χ0) is 21.1. The molecule has 1 aromatic heterocycles. The Hall–Kier alpha value is -1.56. The van der Waals surface area contributed by atoms with Crippen molar-refractivity contribution in [3.05, 3.63) is 77.4 Å². The van der Waals surface area contributed by atoms with Crippen LogP contribution in [0.1, 0.15) is 81.5 Å². The summed E-state index contributed by atoms with van der Waals surface area (Å²) in [6, 6.07) is 14.3. The Labute approximate surface area is 187 Å². The van der Waals surface area contributed by atoms with Gasteiger partial charge in [0, 0.05) is 0 Å². The number of rotatable bonds is 7. The molecule has 0 aliphatic heterocycles. The third-order valence-electron chi connectivity index (χ3n) is 5.41. The van der Waals surface area contributed by atoms with Crippen LogP contribution in [0.25, 0.3) is 0 Å².